The van der Waals surface area contributed by atoms with Crippen LogP contribution in [-0.4, -0.2) is 40.1 Å². The van der Waals surface area contributed by atoms with Crippen molar-refractivity contribution >= 4 is 11.8 Å². The summed E-state index contributed by atoms with van der Waals surface area (Å²) in [6.07, 6.45) is -3.15. The summed E-state index contributed by atoms with van der Waals surface area (Å²) in [5.41, 5.74) is 5.28. The zero-order chi connectivity index (χ0) is 23.0. The maximum absolute atomic E-state index is 13.2. The lowest BCUT2D eigenvalue weighted by Gasteiger charge is -2.32. The SMILES string of the molecule is CC(N)(C(F)F)[C@H](NC(=O)c1ccc(C#CC#Cc2ccccc2O)cc1)C(=O)NO. The predicted molar refractivity (Wildman–Crippen MR) is 108 cm³/mol. The molecule has 0 aromatic heterocycles. The van der Waals surface area contributed by atoms with E-state index in [0.29, 0.717) is 11.1 Å². The molecule has 2 aromatic rings. The van der Waals surface area contributed by atoms with Crippen LogP contribution >= 0.6 is 0 Å². The van der Waals surface area contributed by atoms with Gasteiger partial charge in [-0.25, -0.2) is 14.3 Å². The van der Waals surface area contributed by atoms with Gasteiger partial charge in [-0.1, -0.05) is 18.1 Å². The Balaban J connectivity index is 2.12. The first-order valence-electron chi connectivity index (χ1n) is 8.88. The molecular formula is C22H19F2N3O4. The van der Waals surface area contributed by atoms with Crippen LogP contribution in [0.3, 0.4) is 0 Å². The van der Waals surface area contributed by atoms with E-state index in [2.05, 4.69) is 29.0 Å². The second kappa shape index (κ2) is 10.2. The van der Waals surface area contributed by atoms with Gasteiger partial charge in [0.15, 0.2) is 0 Å². The number of para-hydroxylation sites is 1. The summed E-state index contributed by atoms with van der Waals surface area (Å²) in [6.45, 7) is 0.882. The molecule has 0 fully saturated rings. The number of carbonyl (C=O) groups excluding carboxylic acids is 2. The standard InChI is InChI=1S/C22H19F2N3O4/c1-22(25,21(23)24)18(20(30)27-31)26-19(29)16-12-10-14(11-13-16)6-2-3-7-15-8-4-5-9-17(15)28/h4-5,8-13,18,21,28,31H,25H2,1H3,(H,26,29)(H,27,30)/t18-,22?/m1/s1. The number of nitrogens with two attached hydrogens (primary N) is 1. The van der Waals surface area contributed by atoms with Crippen LogP contribution in [0.4, 0.5) is 8.78 Å². The minimum absolute atomic E-state index is 0.0424. The molecular weight excluding hydrogens is 408 g/mol. The molecule has 0 heterocycles. The van der Waals surface area contributed by atoms with Crippen LogP contribution in [0.25, 0.3) is 0 Å². The molecule has 2 atom stereocenters. The van der Waals surface area contributed by atoms with Crippen molar-refractivity contribution < 1.29 is 28.7 Å². The molecule has 0 aliphatic carbocycles. The van der Waals surface area contributed by atoms with E-state index in [4.69, 9.17) is 10.9 Å². The van der Waals surface area contributed by atoms with E-state index in [0.717, 1.165) is 6.92 Å². The van der Waals surface area contributed by atoms with E-state index in [9.17, 15) is 23.5 Å². The van der Waals surface area contributed by atoms with Crippen LogP contribution in [0.5, 0.6) is 5.75 Å². The molecule has 0 saturated heterocycles. The summed E-state index contributed by atoms with van der Waals surface area (Å²) in [5.74, 6) is 8.59. The number of amides is 2. The minimum atomic E-state index is -3.15. The number of phenolic OH excluding ortho intramolecular Hbond substituents is 1. The maximum atomic E-state index is 13.2. The average Bonchev–Trinajstić information content (AvgIpc) is 2.75. The second-order valence-electron chi connectivity index (χ2n) is 6.64. The van der Waals surface area contributed by atoms with Crippen LogP contribution in [0.2, 0.25) is 0 Å². The highest BCUT2D eigenvalue weighted by Crippen LogP contribution is 2.18. The van der Waals surface area contributed by atoms with Crippen molar-refractivity contribution in [2.45, 2.75) is 24.9 Å². The fourth-order valence-electron chi connectivity index (χ4n) is 2.39. The van der Waals surface area contributed by atoms with Crippen molar-refractivity contribution in [1.29, 1.82) is 0 Å². The van der Waals surface area contributed by atoms with Crippen LogP contribution in [-0.2, 0) is 4.79 Å². The van der Waals surface area contributed by atoms with E-state index in [1.807, 2.05) is 0 Å². The smallest absolute Gasteiger partial charge is 0.268 e. The zero-order valence-electron chi connectivity index (χ0n) is 16.3. The van der Waals surface area contributed by atoms with Gasteiger partial charge in [0, 0.05) is 11.1 Å². The molecule has 2 amide bonds. The fraction of sp³-hybridized carbons (Fsp3) is 0.182. The number of alkyl halides is 2. The Morgan fingerprint density at radius 2 is 1.68 bits per heavy atom. The summed E-state index contributed by atoms with van der Waals surface area (Å²) in [5, 5.41) is 20.5. The number of benzene rings is 2. The lowest BCUT2D eigenvalue weighted by Crippen LogP contribution is -2.66. The summed E-state index contributed by atoms with van der Waals surface area (Å²) in [4.78, 5) is 24.1. The minimum Gasteiger partial charge on any atom is -0.507 e. The summed E-state index contributed by atoms with van der Waals surface area (Å²) >= 11 is 0. The topological polar surface area (TPSA) is 125 Å². The Morgan fingerprint density at radius 3 is 2.26 bits per heavy atom. The van der Waals surface area contributed by atoms with Crippen LogP contribution in [0, 0.1) is 23.7 Å². The number of rotatable bonds is 5. The zero-order valence-corrected chi connectivity index (χ0v) is 16.3. The number of hydroxylamine groups is 1. The maximum Gasteiger partial charge on any atom is 0.268 e. The monoisotopic (exact) mass is 427 g/mol. The molecule has 0 aliphatic rings. The van der Waals surface area contributed by atoms with Crippen LogP contribution in [0.1, 0.15) is 28.4 Å². The lowest BCUT2D eigenvalue weighted by atomic mass is 9.92. The first-order chi connectivity index (χ1) is 14.7. The van der Waals surface area contributed by atoms with Gasteiger partial charge < -0.3 is 16.2 Å². The average molecular weight is 427 g/mol. The van der Waals surface area contributed by atoms with E-state index < -0.39 is 29.8 Å². The van der Waals surface area contributed by atoms with Crippen molar-refractivity contribution in [3.63, 3.8) is 0 Å². The van der Waals surface area contributed by atoms with Gasteiger partial charge in [-0.15, -0.1) is 0 Å². The number of nitrogens with one attached hydrogen (secondary N) is 2. The molecule has 2 rings (SSSR count). The molecule has 0 aliphatic heterocycles. The number of carbonyl (C=O) groups is 2. The first-order valence-corrected chi connectivity index (χ1v) is 8.88. The number of halogens is 2. The van der Waals surface area contributed by atoms with Gasteiger partial charge >= 0.3 is 0 Å². The molecule has 6 N–H and O–H groups in total. The Kier molecular flexibility index (Phi) is 7.70. The number of aromatic hydroxyl groups is 1. The third-order valence-electron chi connectivity index (χ3n) is 4.26. The normalized spacial score (nSPS) is 13.0. The molecule has 0 radical (unpaired) electrons. The van der Waals surface area contributed by atoms with Crippen molar-refractivity contribution in [2.75, 3.05) is 0 Å². The van der Waals surface area contributed by atoms with Gasteiger partial charge in [0.25, 0.3) is 18.2 Å². The number of phenols is 1. The number of hydrogen-bond donors (Lipinski definition) is 5. The Morgan fingerprint density at radius 1 is 1.06 bits per heavy atom. The summed E-state index contributed by atoms with van der Waals surface area (Å²) in [7, 11) is 0. The van der Waals surface area contributed by atoms with Gasteiger partial charge in [-0.05, 0) is 61.1 Å². The molecule has 0 spiro atoms. The molecule has 9 heteroatoms. The lowest BCUT2D eigenvalue weighted by molar-refractivity contribution is -0.134. The van der Waals surface area contributed by atoms with E-state index in [1.165, 1.54) is 35.8 Å². The van der Waals surface area contributed by atoms with Gasteiger partial charge in [-0.2, -0.15) is 0 Å². The molecule has 0 saturated carbocycles. The quantitative estimate of drug-likeness (QED) is 0.280. The molecule has 0 bridgehead atoms. The van der Waals surface area contributed by atoms with Gasteiger partial charge in [0.05, 0.1) is 5.56 Å². The van der Waals surface area contributed by atoms with Gasteiger partial charge in [0.1, 0.15) is 17.3 Å². The largest absolute Gasteiger partial charge is 0.507 e. The van der Waals surface area contributed by atoms with Crippen molar-refractivity contribution in [1.82, 2.24) is 10.8 Å². The summed E-state index contributed by atoms with van der Waals surface area (Å²) in [6, 6.07) is 10.4. The van der Waals surface area contributed by atoms with E-state index in [1.54, 1.807) is 18.2 Å². The Labute approximate surface area is 177 Å². The van der Waals surface area contributed by atoms with Crippen molar-refractivity contribution in [3.05, 3.63) is 65.2 Å². The second-order valence-corrected chi connectivity index (χ2v) is 6.64. The van der Waals surface area contributed by atoms with E-state index >= 15 is 0 Å². The molecule has 2 aromatic carbocycles. The molecule has 31 heavy (non-hydrogen) atoms. The Hall–Kier alpha value is -3.92. The number of hydrogen-bond acceptors (Lipinski definition) is 5. The first kappa shape index (κ1) is 23.4. The summed E-state index contributed by atoms with van der Waals surface area (Å²) < 4.78 is 26.3. The molecule has 7 nitrogen and oxygen atoms in total. The fourth-order valence-corrected chi connectivity index (χ4v) is 2.39. The highest BCUT2D eigenvalue weighted by molar-refractivity contribution is 5.98. The molecule has 1 unspecified atom stereocenters. The third kappa shape index (κ3) is 6.03. The van der Waals surface area contributed by atoms with Crippen LogP contribution in [0.15, 0.2) is 48.5 Å². The predicted octanol–water partition coefficient (Wildman–Crippen LogP) is 1.38. The highest BCUT2D eigenvalue weighted by Gasteiger charge is 2.44. The highest BCUT2D eigenvalue weighted by atomic mass is 19.3. The molecule has 160 valence electrons. The van der Waals surface area contributed by atoms with Crippen LogP contribution < -0.4 is 16.5 Å². The third-order valence-corrected chi connectivity index (χ3v) is 4.26. The van der Waals surface area contributed by atoms with Gasteiger partial charge in [0.2, 0.25) is 0 Å². The van der Waals surface area contributed by atoms with Crippen molar-refractivity contribution in [3.8, 4) is 29.4 Å². The van der Waals surface area contributed by atoms with E-state index in [-0.39, 0.29) is 11.3 Å². The van der Waals surface area contributed by atoms with Crippen molar-refractivity contribution in [2.24, 2.45) is 5.73 Å². The Bertz CT molecular complexity index is 1080. The van der Waals surface area contributed by atoms with Gasteiger partial charge in [-0.3, -0.25) is 14.8 Å².